The Bertz CT molecular complexity index is 414. The van der Waals surface area contributed by atoms with Crippen LogP contribution in [0.15, 0.2) is 18.2 Å². The molecule has 1 aliphatic heterocycles. The molecule has 0 N–H and O–H groups in total. The molecule has 0 aromatic heterocycles. The van der Waals surface area contributed by atoms with E-state index in [0.717, 1.165) is 18.8 Å². The molecule has 1 aromatic carbocycles. The number of benzene rings is 1. The van der Waals surface area contributed by atoms with Crippen LogP contribution in [0.3, 0.4) is 0 Å². The molecule has 2 rings (SSSR count). The number of anilines is 1. The van der Waals surface area contributed by atoms with Crippen molar-refractivity contribution in [3.05, 3.63) is 29.3 Å². The first-order valence-electron chi connectivity index (χ1n) is 5.64. The van der Waals surface area contributed by atoms with Gasteiger partial charge in [-0.2, -0.15) is 0 Å². The van der Waals surface area contributed by atoms with Gasteiger partial charge in [0, 0.05) is 25.8 Å². The zero-order chi connectivity index (χ0) is 11.7. The third-order valence-electron chi connectivity index (χ3n) is 3.31. The fourth-order valence-electron chi connectivity index (χ4n) is 1.90. The lowest BCUT2D eigenvalue weighted by Gasteiger charge is -2.33. The number of amides is 1. The first-order valence-corrected chi connectivity index (χ1v) is 5.64. The quantitative estimate of drug-likeness (QED) is 0.714. The maximum atomic E-state index is 11.6. The number of carbonyl (C=O) groups is 1. The molecule has 0 radical (unpaired) electrons. The third kappa shape index (κ3) is 2.03. The number of likely N-dealkylation sites (N-methyl/N-ethyl adjacent to an activating group) is 1. The fourth-order valence-corrected chi connectivity index (χ4v) is 1.90. The van der Waals surface area contributed by atoms with Gasteiger partial charge in [-0.25, -0.2) is 0 Å². The van der Waals surface area contributed by atoms with E-state index in [9.17, 15) is 4.79 Å². The molecule has 1 fully saturated rings. The first kappa shape index (κ1) is 11.0. The molecule has 3 heteroatoms. The number of piperazine rings is 1. The zero-order valence-corrected chi connectivity index (χ0v) is 10.2. The lowest BCUT2D eigenvalue weighted by molar-refractivity contribution is -0.129. The molecule has 1 aliphatic rings. The molecular weight excluding hydrogens is 200 g/mol. The highest BCUT2D eigenvalue weighted by atomic mass is 16.2. The molecule has 1 saturated heterocycles. The van der Waals surface area contributed by atoms with Crippen LogP contribution in [0, 0.1) is 13.8 Å². The summed E-state index contributed by atoms with van der Waals surface area (Å²) in [4.78, 5) is 15.6. The molecule has 86 valence electrons. The SMILES string of the molecule is Cc1ccc(N2CCN(C)C(=O)C2)cc1C. The van der Waals surface area contributed by atoms with Gasteiger partial charge in [-0.15, -0.1) is 0 Å². The van der Waals surface area contributed by atoms with E-state index in [1.807, 2.05) is 7.05 Å². The van der Waals surface area contributed by atoms with Gasteiger partial charge in [-0.3, -0.25) is 4.79 Å². The van der Waals surface area contributed by atoms with E-state index < -0.39 is 0 Å². The van der Waals surface area contributed by atoms with Crippen LogP contribution in [0.25, 0.3) is 0 Å². The van der Waals surface area contributed by atoms with Crippen molar-refractivity contribution in [1.29, 1.82) is 0 Å². The first-order chi connectivity index (χ1) is 7.58. The van der Waals surface area contributed by atoms with E-state index >= 15 is 0 Å². The van der Waals surface area contributed by atoms with Crippen LogP contribution in [0.5, 0.6) is 0 Å². The summed E-state index contributed by atoms with van der Waals surface area (Å²) in [5.41, 5.74) is 3.73. The van der Waals surface area contributed by atoms with E-state index in [2.05, 4.69) is 36.9 Å². The molecule has 1 amide bonds. The van der Waals surface area contributed by atoms with Crippen molar-refractivity contribution in [3.63, 3.8) is 0 Å². The summed E-state index contributed by atoms with van der Waals surface area (Å²) in [6.07, 6.45) is 0. The number of nitrogens with zero attached hydrogens (tertiary/aromatic N) is 2. The Morgan fingerprint density at radius 3 is 2.50 bits per heavy atom. The van der Waals surface area contributed by atoms with Gasteiger partial charge in [0.2, 0.25) is 5.91 Å². The molecule has 0 aliphatic carbocycles. The van der Waals surface area contributed by atoms with Gasteiger partial charge in [-0.1, -0.05) is 6.07 Å². The molecule has 1 aromatic rings. The minimum atomic E-state index is 0.199. The maximum Gasteiger partial charge on any atom is 0.241 e. The van der Waals surface area contributed by atoms with Gasteiger partial charge in [0.1, 0.15) is 0 Å². The van der Waals surface area contributed by atoms with Crippen LogP contribution >= 0.6 is 0 Å². The Kier molecular flexibility index (Phi) is 2.86. The van der Waals surface area contributed by atoms with Gasteiger partial charge in [0.25, 0.3) is 0 Å². The number of rotatable bonds is 1. The summed E-state index contributed by atoms with van der Waals surface area (Å²) in [5, 5.41) is 0. The number of hydrogen-bond donors (Lipinski definition) is 0. The summed E-state index contributed by atoms with van der Waals surface area (Å²) >= 11 is 0. The number of hydrogen-bond acceptors (Lipinski definition) is 2. The Labute approximate surface area is 96.7 Å². The van der Waals surface area contributed by atoms with E-state index in [4.69, 9.17) is 0 Å². The Hall–Kier alpha value is -1.51. The van der Waals surface area contributed by atoms with E-state index in [0.29, 0.717) is 6.54 Å². The summed E-state index contributed by atoms with van der Waals surface area (Å²) < 4.78 is 0. The molecule has 0 atom stereocenters. The average Bonchev–Trinajstić information content (AvgIpc) is 2.26. The lowest BCUT2D eigenvalue weighted by atomic mass is 10.1. The molecule has 16 heavy (non-hydrogen) atoms. The molecule has 0 spiro atoms. The van der Waals surface area contributed by atoms with Gasteiger partial charge in [-0.05, 0) is 37.1 Å². The summed E-state index contributed by atoms with van der Waals surface area (Å²) in [7, 11) is 1.86. The lowest BCUT2D eigenvalue weighted by Crippen LogP contribution is -2.48. The smallest absolute Gasteiger partial charge is 0.241 e. The minimum Gasteiger partial charge on any atom is -0.360 e. The van der Waals surface area contributed by atoms with Gasteiger partial charge in [0.05, 0.1) is 6.54 Å². The van der Waals surface area contributed by atoms with Crippen molar-refractivity contribution >= 4 is 11.6 Å². The summed E-state index contributed by atoms with van der Waals surface area (Å²) in [6, 6.07) is 6.38. The van der Waals surface area contributed by atoms with Crippen LogP contribution in [0.4, 0.5) is 5.69 Å². The van der Waals surface area contributed by atoms with Crippen LogP contribution in [0.2, 0.25) is 0 Å². The standard InChI is InChI=1S/C13H18N2O/c1-10-4-5-12(8-11(10)2)15-7-6-14(3)13(16)9-15/h4-5,8H,6-7,9H2,1-3H3. The zero-order valence-electron chi connectivity index (χ0n) is 10.2. The Morgan fingerprint density at radius 1 is 1.12 bits per heavy atom. The predicted octanol–water partition coefficient (Wildman–Crippen LogP) is 1.58. The van der Waals surface area contributed by atoms with Crippen LogP contribution in [-0.2, 0) is 4.79 Å². The second-order valence-corrected chi connectivity index (χ2v) is 4.51. The van der Waals surface area contributed by atoms with Gasteiger partial charge in [0.15, 0.2) is 0 Å². The number of aryl methyl sites for hydroxylation is 2. The van der Waals surface area contributed by atoms with E-state index in [1.54, 1.807) is 4.90 Å². The van der Waals surface area contributed by atoms with E-state index in [-0.39, 0.29) is 5.91 Å². The highest BCUT2D eigenvalue weighted by Gasteiger charge is 2.21. The molecule has 0 saturated carbocycles. The monoisotopic (exact) mass is 218 g/mol. The Balaban J connectivity index is 2.18. The maximum absolute atomic E-state index is 11.6. The number of carbonyl (C=O) groups excluding carboxylic acids is 1. The van der Waals surface area contributed by atoms with Crippen molar-refractivity contribution < 1.29 is 4.79 Å². The highest BCUT2D eigenvalue weighted by molar-refractivity contribution is 5.82. The predicted molar refractivity (Wildman–Crippen MR) is 65.8 cm³/mol. The molecule has 3 nitrogen and oxygen atoms in total. The van der Waals surface area contributed by atoms with Crippen molar-refractivity contribution in [2.75, 3.05) is 31.6 Å². The normalized spacial score (nSPS) is 16.8. The Morgan fingerprint density at radius 2 is 1.88 bits per heavy atom. The third-order valence-corrected chi connectivity index (χ3v) is 3.31. The summed E-state index contributed by atoms with van der Waals surface area (Å²) in [6.45, 7) is 6.44. The molecular formula is C13H18N2O. The van der Waals surface area contributed by atoms with Gasteiger partial charge < -0.3 is 9.80 Å². The summed E-state index contributed by atoms with van der Waals surface area (Å²) in [5.74, 6) is 0.199. The second-order valence-electron chi connectivity index (χ2n) is 4.51. The largest absolute Gasteiger partial charge is 0.360 e. The average molecular weight is 218 g/mol. The van der Waals surface area contributed by atoms with Crippen LogP contribution in [0.1, 0.15) is 11.1 Å². The van der Waals surface area contributed by atoms with Crippen molar-refractivity contribution in [2.45, 2.75) is 13.8 Å². The molecule has 0 bridgehead atoms. The van der Waals surface area contributed by atoms with Gasteiger partial charge >= 0.3 is 0 Å². The second kappa shape index (κ2) is 4.16. The van der Waals surface area contributed by atoms with Crippen molar-refractivity contribution in [1.82, 2.24) is 4.90 Å². The van der Waals surface area contributed by atoms with Crippen LogP contribution < -0.4 is 4.90 Å². The van der Waals surface area contributed by atoms with Crippen molar-refractivity contribution in [3.8, 4) is 0 Å². The van der Waals surface area contributed by atoms with Crippen LogP contribution in [-0.4, -0.2) is 37.5 Å². The molecule has 0 unspecified atom stereocenters. The molecule has 1 heterocycles. The fraction of sp³-hybridized carbons (Fsp3) is 0.462. The van der Waals surface area contributed by atoms with E-state index in [1.165, 1.54) is 11.1 Å². The highest BCUT2D eigenvalue weighted by Crippen LogP contribution is 2.20. The van der Waals surface area contributed by atoms with Crippen molar-refractivity contribution in [2.24, 2.45) is 0 Å². The topological polar surface area (TPSA) is 23.6 Å². The minimum absolute atomic E-state index is 0.199.